The standard InChI is InChI=1S/C28H29ClF2N4O3S.C28H30ClFN4O3S.C28H30F2N4O3S/c1-4-10-38-17-14-35-25-19(27(32-28(35)37)34-8-6-33(7-9-34)23(36)5-2)11-16(3)24(26(25)39-15-17)18-12-20(29)22(31)13-21(18)30;1-4-12-37-19-15-34-25-20(27(31-28(34)36)33-10-8-32(9-11-33)23(35)5-2)13-17(3)24(26(25)38-16-19)18-6-7-22(30)21(29)14-18;1-4-12-37-19-15-34-25-21(27(31-28(34)36)33-10-8-32(9-11-33)23(35)5-2)13-17(3)24(26(25)38-16-19)20-7-6-18(29)14-22(20)30/h5,11-13,17H,2,4,6-10,14-15H2,1,3H3;2*5-7,13-14,19H,2,4,8-12,15-16H2,1,3H3. The van der Waals surface area contributed by atoms with Crippen LogP contribution in [0, 0.1) is 49.9 Å². The first-order valence-corrected chi connectivity index (χ1v) is 42.1. The number of aryl methyl sites for hydroxylation is 3. The van der Waals surface area contributed by atoms with E-state index >= 15 is 8.78 Å². The lowest BCUT2D eigenvalue weighted by Crippen LogP contribution is -2.49. The van der Waals surface area contributed by atoms with Crippen molar-refractivity contribution < 1.29 is 50.5 Å². The van der Waals surface area contributed by atoms with Gasteiger partial charge < -0.3 is 43.6 Å². The van der Waals surface area contributed by atoms with Crippen LogP contribution in [-0.2, 0) is 48.2 Å². The van der Waals surface area contributed by atoms with E-state index in [4.69, 9.17) is 37.4 Å². The highest BCUT2D eigenvalue weighted by molar-refractivity contribution is 8.00. The molecule has 0 saturated carbocycles. The van der Waals surface area contributed by atoms with E-state index in [9.17, 15) is 41.9 Å². The van der Waals surface area contributed by atoms with Crippen molar-refractivity contribution in [3.8, 4) is 33.4 Å². The van der Waals surface area contributed by atoms with Gasteiger partial charge in [0.15, 0.2) is 0 Å². The molecule has 3 aromatic heterocycles. The molecule has 3 saturated heterocycles. The highest BCUT2D eigenvalue weighted by Crippen LogP contribution is 2.49. The normalized spacial score (nSPS) is 17.5. The topological polar surface area (TPSA) is 203 Å². The van der Waals surface area contributed by atoms with E-state index in [1.807, 2.05) is 56.6 Å². The Hall–Kier alpha value is -9.07. The molecule has 3 atom stereocenters. The molecule has 3 unspecified atom stereocenters. The van der Waals surface area contributed by atoms with E-state index in [1.54, 1.807) is 52.3 Å². The molecular formula is C84H89Cl2F5N12O9S3. The van der Waals surface area contributed by atoms with E-state index in [0.717, 1.165) is 90.7 Å². The van der Waals surface area contributed by atoms with Gasteiger partial charge in [-0.25, -0.2) is 36.3 Å². The molecule has 21 nitrogen and oxygen atoms in total. The van der Waals surface area contributed by atoms with Gasteiger partial charge in [-0.1, -0.05) is 69.8 Å². The number of rotatable bonds is 18. The minimum absolute atomic E-state index is 0.0525. The van der Waals surface area contributed by atoms with Gasteiger partial charge in [-0.2, -0.15) is 15.0 Å². The number of ether oxygens (including phenoxy) is 3. The fraction of sp³-hybridized carbons (Fsp3) is 0.393. The third-order valence-corrected chi connectivity index (χ3v) is 25.4. The Labute approximate surface area is 685 Å². The Morgan fingerprint density at radius 3 is 1.15 bits per heavy atom. The molecule has 6 aromatic carbocycles. The van der Waals surface area contributed by atoms with Crippen molar-refractivity contribution in [2.24, 2.45) is 0 Å². The second kappa shape index (κ2) is 36.6. The maximum absolute atomic E-state index is 15.2. The molecule has 15 rings (SSSR count). The van der Waals surface area contributed by atoms with Gasteiger partial charge >= 0.3 is 17.1 Å². The van der Waals surface area contributed by atoms with Gasteiger partial charge in [-0.15, -0.1) is 35.3 Å². The second-order valence-corrected chi connectivity index (χ2v) is 32.7. The van der Waals surface area contributed by atoms with E-state index in [2.05, 4.69) is 52.6 Å². The maximum Gasteiger partial charge on any atom is 0.350 e. The minimum atomic E-state index is -0.833. The largest absolute Gasteiger partial charge is 0.375 e. The molecule has 115 heavy (non-hydrogen) atoms. The summed E-state index contributed by atoms with van der Waals surface area (Å²) in [4.78, 5) is 104. The first-order chi connectivity index (χ1) is 55.4. The molecule has 0 spiro atoms. The minimum Gasteiger partial charge on any atom is -0.375 e. The highest BCUT2D eigenvalue weighted by Gasteiger charge is 2.35. The summed E-state index contributed by atoms with van der Waals surface area (Å²) in [6, 6.07) is 16.3. The zero-order chi connectivity index (χ0) is 81.8. The third kappa shape index (κ3) is 17.5. The number of piperazine rings is 3. The Morgan fingerprint density at radius 2 is 0.791 bits per heavy atom. The summed E-state index contributed by atoms with van der Waals surface area (Å²) in [5, 5.41) is 2.29. The van der Waals surface area contributed by atoms with Gasteiger partial charge in [0.1, 0.15) is 46.5 Å². The molecule has 6 aliphatic heterocycles. The second-order valence-electron chi connectivity index (χ2n) is 28.8. The number of carbonyl (C=O) groups is 3. The molecule has 9 heterocycles. The highest BCUT2D eigenvalue weighted by atomic mass is 35.5. The van der Waals surface area contributed by atoms with Crippen LogP contribution in [0.5, 0.6) is 0 Å². The van der Waals surface area contributed by atoms with Crippen molar-refractivity contribution in [1.29, 1.82) is 0 Å². The van der Waals surface area contributed by atoms with Crippen molar-refractivity contribution in [3.05, 3.63) is 192 Å². The van der Waals surface area contributed by atoms with Crippen LogP contribution in [0.4, 0.5) is 39.4 Å². The summed E-state index contributed by atoms with van der Waals surface area (Å²) in [5.74, 6) is -0.209. The predicted octanol–water partition coefficient (Wildman–Crippen LogP) is 14.3. The van der Waals surface area contributed by atoms with Crippen LogP contribution in [-0.4, -0.2) is 195 Å². The van der Waals surface area contributed by atoms with E-state index in [-0.39, 0.29) is 62.9 Å². The number of aromatic nitrogens is 6. The average Bonchev–Trinajstić information content (AvgIpc) is 1.67. The van der Waals surface area contributed by atoms with Gasteiger partial charge in [-0.05, 0) is 129 Å². The molecule has 606 valence electrons. The molecule has 0 aliphatic carbocycles. The number of hydrogen-bond donors (Lipinski definition) is 0. The fourth-order valence-electron chi connectivity index (χ4n) is 15.6. The molecule has 6 aliphatic rings. The van der Waals surface area contributed by atoms with Gasteiger partial charge in [0.2, 0.25) is 17.7 Å². The fourth-order valence-corrected chi connectivity index (χ4v) is 19.9. The van der Waals surface area contributed by atoms with Crippen molar-refractivity contribution in [2.75, 3.05) is 130 Å². The molecule has 0 N–H and O–H groups in total. The average molecular weight is 1670 g/mol. The maximum atomic E-state index is 15.2. The van der Waals surface area contributed by atoms with Crippen LogP contribution in [0.3, 0.4) is 0 Å². The number of hydrogen-bond acceptors (Lipinski definition) is 18. The Morgan fingerprint density at radius 1 is 0.443 bits per heavy atom. The number of anilines is 3. The number of thioether (sulfide) groups is 3. The van der Waals surface area contributed by atoms with Crippen LogP contribution < -0.4 is 31.8 Å². The zero-order valence-electron chi connectivity index (χ0n) is 64.8. The first kappa shape index (κ1) is 83.9. The monoisotopic (exact) mass is 1670 g/mol. The molecule has 3 amide bonds. The van der Waals surface area contributed by atoms with Crippen molar-refractivity contribution in [3.63, 3.8) is 0 Å². The molecular weight excluding hydrogens is 1580 g/mol. The molecule has 0 bridgehead atoms. The summed E-state index contributed by atoms with van der Waals surface area (Å²) in [7, 11) is 0. The van der Waals surface area contributed by atoms with Gasteiger partial charge in [0, 0.05) is 186 Å². The third-order valence-electron chi connectivity index (χ3n) is 21.1. The van der Waals surface area contributed by atoms with E-state index in [0.29, 0.717) is 180 Å². The van der Waals surface area contributed by atoms with Gasteiger partial charge in [-0.3, -0.25) is 28.1 Å². The smallest absolute Gasteiger partial charge is 0.350 e. The van der Waals surface area contributed by atoms with Crippen LogP contribution >= 0.6 is 58.5 Å². The van der Waals surface area contributed by atoms with Crippen LogP contribution in [0.2, 0.25) is 10.0 Å². The number of benzene rings is 6. The van der Waals surface area contributed by atoms with E-state index in [1.165, 1.54) is 66.0 Å². The lowest BCUT2D eigenvalue weighted by molar-refractivity contribution is -0.127. The Kier molecular flexibility index (Phi) is 26.7. The summed E-state index contributed by atoms with van der Waals surface area (Å²) in [6.07, 6.45) is 5.87. The van der Waals surface area contributed by atoms with Gasteiger partial charge in [0.05, 0.1) is 64.5 Å². The predicted molar refractivity (Wildman–Crippen MR) is 448 cm³/mol. The molecule has 9 aromatic rings. The SMILES string of the molecule is C=CC(=O)N1CCN(c2nc(=O)n3c4c(c(-c5cc(Cl)c(F)cc5F)c(C)cc24)SCC(OCCC)C3)CC1.C=CC(=O)N1CCN(c2nc(=O)n3c4c(c(-c5ccc(F)c(Cl)c5)c(C)cc24)SCC(OCCC)C3)CC1.C=CC(=O)N1CCN(c2nc(=O)n3c4c(c(-c5ccc(F)cc5F)c(C)cc24)SCC(OCCC)C3)CC1. The van der Waals surface area contributed by atoms with Crippen LogP contribution in [0.15, 0.2) is 134 Å². The summed E-state index contributed by atoms with van der Waals surface area (Å²) < 4.78 is 95.3. The van der Waals surface area contributed by atoms with E-state index < -0.39 is 40.5 Å². The summed E-state index contributed by atoms with van der Waals surface area (Å²) >= 11 is 16.9. The van der Waals surface area contributed by atoms with Crippen molar-refractivity contribution in [2.45, 2.75) is 113 Å². The number of amides is 3. The van der Waals surface area contributed by atoms with Crippen molar-refractivity contribution in [1.82, 2.24) is 43.4 Å². The quantitative estimate of drug-likeness (QED) is 0.0445. The summed E-state index contributed by atoms with van der Waals surface area (Å²) in [5.41, 5.74) is 6.86. The Balaban J connectivity index is 0.000000150. The lowest BCUT2D eigenvalue weighted by atomic mass is 9.97. The number of nitrogens with zero attached hydrogens (tertiary/aromatic N) is 12. The summed E-state index contributed by atoms with van der Waals surface area (Å²) in [6.45, 7) is 31.5. The van der Waals surface area contributed by atoms with Crippen LogP contribution in [0.1, 0.15) is 56.7 Å². The Bertz CT molecular complexity index is 5520. The first-order valence-electron chi connectivity index (χ1n) is 38.4. The molecule has 3 fully saturated rings. The van der Waals surface area contributed by atoms with Gasteiger partial charge in [0.25, 0.3) is 0 Å². The molecule has 31 heteroatoms. The number of carbonyl (C=O) groups excluding carboxylic acids is 3. The van der Waals surface area contributed by atoms with Crippen LogP contribution in [0.25, 0.3) is 66.1 Å². The molecule has 0 radical (unpaired) electrons. The lowest BCUT2D eigenvalue weighted by Gasteiger charge is -2.35. The number of halogens is 7. The van der Waals surface area contributed by atoms with Crippen molar-refractivity contribution >= 4 is 126 Å². The zero-order valence-corrected chi connectivity index (χ0v) is 68.8.